The van der Waals surface area contributed by atoms with Gasteiger partial charge in [-0.25, -0.2) is 4.39 Å². The Morgan fingerprint density at radius 1 is 1.56 bits per heavy atom. The lowest BCUT2D eigenvalue weighted by Gasteiger charge is -2.19. The first-order chi connectivity index (χ1) is 7.52. The summed E-state index contributed by atoms with van der Waals surface area (Å²) in [5.74, 6) is 0.662. The van der Waals surface area contributed by atoms with Gasteiger partial charge in [0.05, 0.1) is 11.6 Å². The number of halogens is 2. The molecule has 4 heteroatoms. The van der Waals surface area contributed by atoms with Gasteiger partial charge in [-0.05, 0) is 53.4 Å². The van der Waals surface area contributed by atoms with Gasteiger partial charge in [0.25, 0.3) is 0 Å². The third-order valence-electron chi connectivity index (χ3n) is 2.69. The average molecular weight is 290 g/mol. The number of benzene rings is 1. The summed E-state index contributed by atoms with van der Waals surface area (Å²) in [6.45, 7) is 4.44. The Morgan fingerprint density at radius 3 is 2.69 bits per heavy atom. The zero-order valence-corrected chi connectivity index (χ0v) is 11.4. The molecule has 90 valence electrons. The van der Waals surface area contributed by atoms with Crippen LogP contribution in [0.3, 0.4) is 0 Å². The van der Waals surface area contributed by atoms with Crippen molar-refractivity contribution in [2.24, 2.45) is 5.73 Å². The quantitative estimate of drug-likeness (QED) is 0.923. The van der Waals surface area contributed by atoms with E-state index < -0.39 is 0 Å². The summed E-state index contributed by atoms with van der Waals surface area (Å²) in [5.41, 5.74) is 7.21. The molecule has 1 aromatic carbocycles. The minimum Gasteiger partial charge on any atom is -0.496 e. The van der Waals surface area contributed by atoms with Crippen molar-refractivity contribution in [1.82, 2.24) is 0 Å². The Hall–Kier alpha value is -0.610. The van der Waals surface area contributed by atoms with E-state index in [9.17, 15) is 4.39 Å². The molecule has 16 heavy (non-hydrogen) atoms. The second kappa shape index (κ2) is 5.64. The molecule has 0 aliphatic carbocycles. The molecule has 0 spiro atoms. The van der Waals surface area contributed by atoms with Crippen molar-refractivity contribution in [2.45, 2.75) is 26.2 Å². The standard InChI is InChI=1S/C12H17BrFNO/c1-7(4-5-15)10-11(13)9(14)6-8(2)12(10)16-3/h6-7H,4-5,15H2,1-3H3. The molecule has 0 radical (unpaired) electrons. The fourth-order valence-corrected chi connectivity index (χ4v) is 2.55. The lowest BCUT2D eigenvalue weighted by molar-refractivity contribution is 0.399. The van der Waals surface area contributed by atoms with Crippen LogP contribution in [0.2, 0.25) is 0 Å². The molecule has 0 saturated heterocycles. The van der Waals surface area contributed by atoms with Gasteiger partial charge >= 0.3 is 0 Å². The average Bonchev–Trinajstić information content (AvgIpc) is 2.23. The van der Waals surface area contributed by atoms with Crippen LogP contribution >= 0.6 is 15.9 Å². The van der Waals surface area contributed by atoms with Gasteiger partial charge in [0.1, 0.15) is 11.6 Å². The third-order valence-corrected chi connectivity index (χ3v) is 3.49. The van der Waals surface area contributed by atoms with Crippen LogP contribution in [0.25, 0.3) is 0 Å². The number of nitrogens with two attached hydrogens (primary N) is 1. The van der Waals surface area contributed by atoms with Crippen LogP contribution in [-0.4, -0.2) is 13.7 Å². The van der Waals surface area contributed by atoms with Crippen LogP contribution in [-0.2, 0) is 0 Å². The van der Waals surface area contributed by atoms with Crippen LogP contribution in [0.1, 0.15) is 30.4 Å². The molecule has 0 aliphatic heterocycles. The zero-order chi connectivity index (χ0) is 12.3. The fraction of sp³-hybridized carbons (Fsp3) is 0.500. The minimum atomic E-state index is -0.253. The highest BCUT2D eigenvalue weighted by Gasteiger charge is 2.19. The monoisotopic (exact) mass is 289 g/mol. The van der Waals surface area contributed by atoms with Crippen molar-refractivity contribution in [1.29, 1.82) is 0 Å². The van der Waals surface area contributed by atoms with Crippen molar-refractivity contribution < 1.29 is 9.13 Å². The van der Waals surface area contributed by atoms with E-state index in [2.05, 4.69) is 15.9 Å². The van der Waals surface area contributed by atoms with Crippen LogP contribution in [0.4, 0.5) is 4.39 Å². The Balaban J connectivity index is 3.32. The summed E-state index contributed by atoms with van der Waals surface area (Å²) < 4.78 is 19.4. The van der Waals surface area contributed by atoms with Gasteiger partial charge in [-0.2, -0.15) is 0 Å². The van der Waals surface area contributed by atoms with Crippen molar-refractivity contribution in [2.75, 3.05) is 13.7 Å². The second-order valence-electron chi connectivity index (χ2n) is 3.91. The van der Waals surface area contributed by atoms with E-state index in [1.165, 1.54) is 6.07 Å². The number of rotatable bonds is 4. The fourth-order valence-electron chi connectivity index (χ4n) is 1.87. The van der Waals surface area contributed by atoms with Gasteiger partial charge in [-0.3, -0.25) is 0 Å². The van der Waals surface area contributed by atoms with E-state index in [0.29, 0.717) is 11.0 Å². The van der Waals surface area contributed by atoms with Crippen molar-refractivity contribution in [3.63, 3.8) is 0 Å². The second-order valence-corrected chi connectivity index (χ2v) is 4.71. The van der Waals surface area contributed by atoms with E-state index in [1.54, 1.807) is 7.11 Å². The van der Waals surface area contributed by atoms with E-state index in [4.69, 9.17) is 10.5 Å². The van der Waals surface area contributed by atoms with Crippen molar-refractivity contribution in [3.8, 4) is 5.75 Å². The zero-order valence-electron chi connectivity index (χ0n) is 9.81. The van der Waals surface area contributed by atoms with Crippen LogP contribution in [0.15, 0.2) is 10.5 Å². The molecule has 1 atom stereocenters. The van der Waals surface area contributed by atoms with E-state index in [1.807, 2.05) is 13.8 Å². The van der Waals surface area contributed by atoms with Crippen molar-refractivity contribution >= 4 is 15.9 Å². The van der Waals surface area contributed by atoms with Gasteiger partial charge < -0.3 is 10.5 Å². The molecule has 0 bridgehead atoms. The largest absolute Gasteiger partial charge is 0.496 e. The van der Waals surface area contributed by atoms with E-state index in [0.717, 1.165) is 23.3 Å². The number of ether oxygens (including phenoxy) is 1. The SMILES string of the molecule is COc1c(C)cc(F)c(Br)c1C(C)CCN. The smallest absolute Gasteiger partial charge is 0.138 e. The highest BCUT2D eigenvalue weighted by atomic mass is 79.9. The lowest BCUT2D eigenvalue weighted by Crippen LogP contribution is -2.08. The highest BCUT2D eigenvalue weighted by molar-refractivity contribution is 9.10. The molecule has 0 saturated carbocycles. The van der Waals surface area contributed by atoms with Crippen LogP contribution in [0, 0.1) is 12.7 Å². The predicted molar refractivity (Wildman–Crippen MR) is 67.5 cm³/mol. The molecule has 0 amide bonds. The molecule has 0 aliphatic rings. The molecule has 0 aromatic heterocycles. The van der Waals surface area contributed by atoms with Gasteiger partial charge in [0, 0.05) is 5.56 Å². The van der Waals surface area contributed by atoms with Gasteiger partial charge in [-0.1, -0.05) is 6.92 Å². The minimum absolute atomic E-state index is 0.170. The number of methoxy groups -OCH3 is 1. The van der Waals surface area contributed by atoms with Gasteiger partial charge in [0.2, 0.25) is 0 Å². The first-order valence-corrected chi connectivity index (χ1v) is 6.04. The van der Waals surface area contributed by atoms with Gasteiger partial charge in [-0.15, -0.1) is 0 Å². The highest BCUT2D eigenvalue weighted by Crippen LogP contribution is 2.38. The molecule has 1 rings (SSSR count). The molecular formula is C12H17BrFNO. The maximum absolute atomic E-state index is 13.6. The van der Waals surface area contributed by atoms with Gasteiger partial charge in [0.15, 0.2) is 0 Å². The lowest BCUT2D eigenvalue weighted by atomic mass is 9.95. The summed E-state index contributed by atoms with van der Waals surface area (Å²) in [6, 6.07) is 1.47. The summed E-state index contributed by atoms with van der Waals surface area (Å²) in [6.07, 6.45) is 0.803. The molecule has 2 N–H and O–H groups in total. The topological polar surface area (TPSA) is 35.2 Å². The van der Waals surface area contributed by atoms with E-state index >= 15 is 0 Å². The Morgan fingerprint density at radius 2 is 2.19 bits per heavy atom. The molecule has 0 fully saturated rings. The Bertz CT molecular complexity index is 382. The van der Waals surface area contributed by atoms with Crippen LogP contribution in [0.5, 0.6) is 5.75 Å². The van der Waals surface area contributed by atoms with E-state index in [-0.39, 0.29) is 11.7 Å². The first kappa shape index (κ1) is 13.5. The predicted octanol–water partition coefficient (Wildman–Crippen LogP) is 3.36. The maximum atomic E-state index is 13.6. The number of hydrogen-bond donors (Lipinski definition) is 1. The molecule has 1 unspecified atom stereocenters. The summed E-state index contributed by atoms with van der Waals surface area (Å²) in [5, 5.41) is 0. The molecule has 2 nitrogen and oxygen atoms in total. The Kier molecular flexibility index (Phi) is 4.74. The number of aryl methyl sites for hydroxylation is 1. The summed E-state index contributed by atoms with van der Waals surface area (Å²) in [7, 11) is 1.60. The summed E-state index contributed by atoms with van der Waals surface area (Å²) >= 11 is 3.28. The molecule has 0 heterocycles. The number of hydrogen-bond acceptors (Lipinski definition) is 2. The summed E-state index contributed by atoms with van der Waals surface area (Å²) in [4.78, 5) is 0. The third kappa shape index (κ3) is 2.55. The molecule has 1 aromatic rings. The molecular weight excluding hydrogens is 273 g/mol. The Labute approximate surface area is 104 Å². The van der Waals surface area contributed by atoms with Crippen molar-refractivity contribution in [3.05, 3.63) is 27.5 Å². The first-order valence-electron chi connectivity index (χ1n) is 5.25. The maximum Gasteiger partial charge on any atom is 0.138 e. The normalized spacial score (nSPS) is 12.6. The van der Waals surface area contributed by atoms with Crippen LogP contribution < -0.4 is 10.5 Å².